The molecule has 12 nitrogen and oxygen atoms in total. The number of imidazole rings is 1. The van der Waals surface area contributed by atoms with Crippen LogP contribution in [0, 0.1) is 5.41 Å². The third kappa shape index (κ3) is 7.58. The zero-order valence-electron chi connectivity index (χ0n) is 23.7. The summed E-state index contributed by atoms with van der Waals surface area (Å²) in [7, 11) is 0. The van der Waals surface area contributed by atoms with Gasteiger partial charge in [0, 0.05) is 37.2 Å². The van der Waals surface area contributed by atoms with Crippen LogP contribution in [0.3, 0.4) is 0 Å². The van der Waals surface area contributed by atoms with Gasteiger partial charge >= 0.3 is 6.03 Å². The van der Waals surface area contributed by atoms with Crippen LogP contribution in [0.25, 0.3) is 17.1 Å². The van der Waals surface area contributed by atoms with Crippen LogP contribution in [-0.2, 0) is 9.59 Å². The maximum absolute atomic E-state index is 12.7. The van der Waals surface area contributed by atoms with Gasteiger partial charge in [-0.15, -0.1) is 0 Å². The Morgan fingerprint density at radius 2 is 1.93 bits per heavy atom. The number of urea groups is 1. The Morgan fingerprint density at radius 3 is 2.65 bits per heavy atom. The molecule has 5 heterocycles. The quantitative estimate of drug-likeness (QED) is 0.132. The lowest BCUT2D eigenvalue weighted by atomic mass is 9.93. The minimum atomic E-state index is -0.657. The van der Waals surface area contributed by atoms with Crippen molar-refractivity contribution in [3.05, 3.63) is 47.1 Å². The number of amides is 5. The van der Waals surface area contributed by atoms with E-state index in [4.69, 9.17) is 10.2 Å². The van der Waals surface area contributed by atoms with Crippen molar-refractivity contribution >= 4 is 75.5 Å². The molecule has 0 bridgehead atoms. The molecule has 2 aromatic heterocycles. The Bertz CT molecular complexity index is 1500. The number of para-hydroxylation sites is 2. The fourth-order valence-corrected chi connectivity index (χ4v) is 7.24. The number of aromatic nitrogens is 2. The van der Waals surface area contributed by atoms with Crippen molar-refractivity contribution in [3.63, 3.8) is 0 Å². The lowest BCUT2D eigenvalue weighted by molar-refractivity contribution is -0.128. The third-order valence-electron chi connectivity index (χ3n) is 7.00. The molecule has 6 N–H and O–H groups in total. The van der Waals surface area contributed by atoms with Crippen molar-refractivity contribution in [1.82, 2.24) is 30.8 Å². The minimum absolute atomic E-state index is 0.00491. The number of nitrogens with two attached hydrogens (primary N) is 1. The number of imide groups is 1. The number of nitrogens with zero attached hydrogens (tertiary/aromatic N) is 2. The molecule has 5 amide bonds. The first-order chi connectivity index (χ1) is 20.6. The molecule has 43 heavy (non-hydrogen) atoms. The maximum atomic E-state index is 12.7. The van der Waals surface area contributed by atoms with Gasteiger partial charge in [0.2, 0.25) is 5.91 Å². The number of hydrogen-bond donors (Lipinski definition) is 5. The first kappa shape index (κ1) is 31.0. The van der Waals surface area contributed by atoms with Crippen molar-refractivity contribution < 1.29 is 23.6 Å². The zero-order valence-corrected chi connectivity index (χ0v) is 26.1. The number of carbonyl (C=O) groups is 4. The van der Waals surface area contributed by atoms with E-state index in [1.54, 1.807) is 32.1 Å². The number of aromatic amines is 1. The molecule has 3 aliphatic rings. The second-order valence-electron chi connectivity index (χ2n) is 10.7. The summed E-state index contributed by atoms with van der Waals surface area (Å²) in [5, 5.41) is 9.46. The van der Waals surface area contributed by atoms with Crippen LogP contribution in [-0.4, -0.2) is 81.2 Å². The molecule has 3 fully saturated rings. The normalized spacial score (nSPS) is 20.7. The summed E-state index contributed by atoms with van der Waals surface area (Å²) in [4.78, 5) is 56.9. The number of furan rings is 1. The Balaban J connectivity index is 0.000000345. The molecule has 6 rings (SSSR count). The average molecular weight is 644 g/mol. The summed E-state index contributed by atoms with van der Waals surface area (Å²) in [6.45, 7) is 4.33. The van der Waals surface area contributed by atoms with Gasteiger partial charge in [0.25, 0.3) is 11.1 Å². The molecule has 2 atom stereocenters. The second kappa shape index (κ2) is 13.5. The monoisotopic (exact) mass is 643 g/mol. The van der Waals surface area contributed by atoms with Crippen LogP contribution in [0.2, 0.25) is 0 Å². The lowest BCUT2D eigenvalue weighted by Crippen LogP contribution is -2.42. The van der Waals surface area contributed by atoms with E-state index in [9.17, 15) is 19.2 Å². The second-order valence-corrected chi connectivity index (χ2v) is 13.8. The Morgan fingerprint density at radius 1 is 1.19 bits per heavy atom. The molecule has 0 spiro atoms. The number of rotatable bonds is 9. The number of H-pyrrole nitrogens is 1. The summed E-state index contributed by atoms with van der Waals surface area (Å²) in [6, 6.07) is 12.1. The highest BCUT2D eigenvalue weighted by Crippen LogP contribution is 2.34. The van der Waals surface area contributed by atoms with E-state index in [0.29, 0.717) is 46.0 Å². The molecule has 3 saturated heterocycles. The first-order valence-electron chi connectivity index (χ1n) is 13.7. The van der Waals surface area contributed by atoms with Crippen LogP contribution in [0.5, 0.6) is 0 Å². The molecule has 3 aromatic rings. The topological polar surface area (TPSA) is 175 Å². The molecule has 3 aliphatic heterocycles. The van der Waals surface area contributed by atoms with Crippen LogP contribution in [0.4, 0.5) is 9.59 Å². The third-order valence-corrected chi connectivity index (χ3v) is 9.90. The lowest BCUT2D eigenvalue weighted by Gasteiger charge is -2.21. The summed E-state index contributed by atoms with van der Waals surface area (Å²) in [6.07, 6.45) is 2.02. The Labute approximate surface area is 261 Å². The number of hydrogen-bond acceptors (Lipinski definition) is 10. The first-order valence-corrected chi connectivity index (χ1v) is 16.5. The van der Waals surface area contributed by atoms with E-state index in [0.717, 1.165) is 34.3 Å². The molecular weight excluding hydrogens is 611 g/mol. The van der Waals surface area contributed by atoms with Crippen LogP contribution in [0.1, 0.15) is 26.0 Å². The van der Waals surface area contributed by atoms with Gasteiger partial charge in [-0.05, 0) is 68.1 Å². The van der Waals surface area contributed by atoms with Gasteiger partial charge in [0.05, 0.1) is 33.4 Å². The van der Waals surface area contributed by atoms with Crippen LogP contribution < -0.4 is 21.7 Å². The molecule has 228 valence electrons. The number of benzene rings is 1. The summed E-state index contributed by atoms with van der Waals surface area (Å²) in [5.74, 6) is 2.09. The number of carbonyl (C=O) groups excluding carboxylic acids is 4. The molecule has 0 radical (unpaired) electrons. The van der Waals surface area contributed by atoms with Gasteiger partial charge < -0.3 is 31.1 Å². The van der Waals surface area contributed by atoms with Gasteiger partial charge in [-0.1, -0.05) is 12.1 Å². The standard InChI is InChI=1S/C23H25N5O4S2.C5H8N2OS/c1-23(2,13-24)20(30)25-10-5-11-28-19(29)17(33-22(28)31)12-14-8-9-18(32-14)34-21-26-15-6-3-4-7-16(15)27-21;8-5-6-3-1-9-2-4(3)7-5/h3-4,6-9,12H,5,10-11,13,24H2,1-2H3,(H,25,30)(H,26,27);3-4H,1-2H2,(H2,6,7,8)/b17-12-;/t;3-,4+. The number of thioether (sulfide) groups is 2. The van der Waals surface area contributed by atoms with Gasteiger partial charge in [0.1, 0.15) is 5.76 Å². The predicted molar refractivity (Wildman–Crippen MR) is 169 cm³/mol. The predicted octanol–water partition coefficient (Wildman–Crippen LogP) is 3.62. The number of fused-ring (bicyclic) bond motifs is 2. The number of nitrogens with one attached hydrogen (secondary N) is 4. The highest BCUT2D eigenvalue weighted by molar-refractivity contribution is 8.18. The SMILES string of the molecule is CC(C)(CN)C(=O)NCCCN1C(=O)S/C(=C\c2ccc(Sc3nc4ccccc4[nH]3)o2)C1=O.O=C1N[C@H]2CSC[C@H]2N1. The maximum Gasteiger partial charge on any atom is 0.315 e. The van der Waals surface area contributed by atoms with E-state index in [2.05, 4.69) is 25.9 Å². The fourth-order valence-electron chi connectivity index (χ4n) is 4.35. The minimum Gasteiger partial charge on any atom is -0.450 e. The van der Waals surface area contributed by atoms with E-state index in [-0.39, 0.29) is 36.2 Å². The van der Waals surface area contributed by atoms with Gasteiger partial charge in [0.15, 0.2) is 10.2 Å². The molecule has 0 aliphatic carbocycles. The fraction of sp³-hybridized carbons (Fsp3) is 0.393. The van der Waals surface area contributed by atoms with Crippen molar-refractivity contribution in [1.29, 1.82) is 0 Å². The molecule has 15 heteroatoms. The Kier molecular flexibility index (Phi) is 9.74. The van der Waals surface area contributed by atoms with Crippen molar-refractivity contribution in [2.45, 2.75) is 42.6 Å². The van der Waals surface area contributed by atoms with E-state index in [1.807, 2.05) is 36.0 Å². The smallest absolute Gasteiger partial charge is 0.315 e. The molecule has 0 unspecified atom stereocenters. The molecule has 0 saturated carbocycles. The van der Waals surface area contributed by atoms with Crippen LogP contribution in [0.15, 0.2) is 56.0 Å². The Hall–Kier alpha value is -3.40. The highest BCUT2D eigenvalue weighted by Gasteiger charge is 2.36. The van der Waals surface area contributed by atoms with E-state index >= 15 is 0 Å². The van der Waals surface area contributed by atoms with Crippen molar-refractivity contribution in [3.8, 4) is 0 Å². The summed E-state index contributed by atoms with van der Waals surface area (Å²) >= 11 is 4.10. The molecule has 1 aromatic carbocycles. The van der Waals surface area contributed by atoms with Crippen molar-refractivity contribution in [2.24, 2.45) is 11.1 Å². The van der Waals surface area contributed by atoms with E-state index in [1.165, 1.54) is 16.7 Å². The average Bonchev–Trinajstić information content (AvgIpc) is 3.79. The van der Waals surface area contributed by atoms with Gasteiger partial charge in [-0.25, -0.2) is 9.78 Å². The van der Waals surface area contributed by atoms with Gasteiger partial charge in [-0.3, -0.25) is 19.3 Å². The van der Waals surface area contributed by atoms with Crippen molar-refractivity contribution in [2.75, 3.05) is 31.1 Å². The highest BCUT2D eigenvalue weighted by atomic mass is 32.2. The zero-order chi connectivity index (χ0) is 30.6. The molecular formula is C28H33N7O5S3. The van der Waals surface area contributed by atoms with E-state index < -0.39 is 5.41 Å². The summed E-state index contributed by atoms with van der Waals surface area (Å²) < 4.78 is 5.81. The van der Waals surface area contributed by atoms with Crippen LogP contribution >= 0.6 is 35.3 Å². The largest absolute Gasteiger partial charge is 0.450 e. The summed E-state index contributed by atoms with van der Waals surface area (Å²) in [5.41, 5.74) is 6.75. The van der Waals surface area contributed by atoms with Gasteiger partial charge in [-0.2, -0.15) is 11.8 Å².